The van der Waals surface area contributed by atoms with E-state index in [4.69, 9.17) is 0 Å². The molecule has 0 aliphatic rings. The van der Waals surface area contributed by atoms with E-state index in [9.17, 15) is 27.2 Å². The van der Waals surface area contributed by atoms with Crippen molar-refractivity contribution in [1.29, 1.82) is 0 Å². The predicted molar refractivity (Wildman–Crippen MR) is 78.2 cm³/mol. The number of hydrogen-bond donors (Lipinski definition) is 2. The molecule has 0 spiro atoms. The van der Waals surface area contributed by atoms with Crippen LogP contribution in [0.15, 0.2) is 48.8 Å². The second-order valence-corrected chi connectivity index (χ2v) is 4.65. The highest BCUT2D eigenvalue weighted by Crippen LogP contribution is 2.25. The number of halogens is 4. The SMILES string of the molecule is O=C(Nc1cccc(NC(=O)C(F)(F)C(F)F)c1)c1ccncc1. The molecule has 0 aliphatic heterocycles. The summed E-state index contributed by atoms with van der Waals surface area (Å²) >= 11 is 0. The van der Waals surface area contributed by atoms with Crippen LogP contribution in [0.25, 0.3) is 0 Å². The summed E-state index contributed by atoms with van der Waals surface area (Å²) in [6, 6.07) is 8.12. The fourth-order valence-corrected chi connectivity index (χ4v) is 1.69. The summed E-state index contributed by atoms with van der Waals surface area (Å²) < 4.78 is 50.1. The van der Waals surface area contributed by atoms with Gasteiger partial charge in [0.05, 0.1) is 0 Å². The number of rotatable bonds is 5. The monoisotopic (exact) mass is 341 g/mol. The van der Waals surface area contributed by atoms with E-state index in [2.05, 4.69) is 10.3 Å². The summed E-state index contributed by atoms with van der Waals surface area (Å²) in [5, 5.41) is 4.17. The predicted octanol–water partition coefficient (Wildman–Crippen LogP) is 3.17. The number of aromatic nitrogens is 1. The molecule has 2 N–H and O–H groups in total. The highest BCUT2D eigenvalue weighted by Gasteiger charge is 2.48. The van der Waals surface area contributed by atoms with Crippen molar-refractivity contribution in [2.45, 2.75) is 12.3 Å². The molecule has 0 saturated carbocycles. The summed E-state index contributed by atoms with van der Waals surface area (Å²) in [5.41, 5.74) is 0.339. The van der Waals surface area contributed by atoms with Gasteiger partial charge >= 0.3 is 18.3 Å². The first-order valence-electron chi connectivity index (χ1n) is 6.59. The molecule has 0 atom stereocenters. The molecule has 126 valence electrons. The Labute approximate surface area is 133 Å². The molecule has 0 saturated heterocycles. The van der Waals surface area contributed by atoms with E-state index < -0.39 is 24.2 Å². The minimum absolute atomic E-state index is 0.159. The Hall–Kier alpha value is -2.97. The van der Waals surface area contributed by atoms with Crippen LogP contribution in [-0.2, 0) is 4.79 Å². The third kappa shape index (κ3) is 4.06. The number of nitrogens with one attached hydrogen (secondary N) is 2. The smallest absolute Gasteiger partial charge is 0.322 e. The molecular formula is C15H11F4N3O2. The number of alkyl halides is 4. The van der Waals surface area contributed by atoms with Gasteiger partial charge in [-0.25, -0.2) is 8.78 Å². The number of nitrogens with zero attached hydrogens (tertiary/aromatic N) is 1. The summed E-state index contributed by atoms with van der Waals surface area (Å²) in [6.07, 6.45) is -1.29. The standard InChI is InChI=1S/C15H11F4N3O2/c16-13(17)15(18,19)14(24)22-11-3-1-2-10(8-11)21-12(23)9-4-6-20-7-5-9/h1-8,13H,(H,21,23)(H,22,24). The highest BCUT2D eigenvalue weighted by atomic mass is 19.3. The van der Waals surface area contributed by atoms with Gasteiger partial charge < -0.3 is 10.6 Å². The Morgan fingerprint density at radius 3 is 2.17 bits per heavy atom. The Morgan fingerprint density at radius 2 is 1.58 bits per heavy atom. The number of anilines is 2. The number of pyridine rings is 1. The van der Waals surface area contributed by atoms with Crippen molar-refractivity contribution in [2.24, 2.45) is 0 Å². The van der Waals surface area contributed by atoms with Crippen LogP contribution >= 0.6 is 0 Å². The van der Waals surface area contributed by atoms with Gasteiger partial charge in [0.2, 0.25) is 0 Å². The Balaban J connectivity index is 2.09. The van der Waals surface area contributed by atoms with Gasteiger partial charge in [-0.1, -0.05) is 6.07 Å². The fourth-order valence-electron chi connectivity index (χ4n) is 1.69. The lowest BCUT2D eigenvalue weighted by Gasteiger charge is -2.15. The maximum absolute atomic E-state index is 12.9. The minimum Gasteiger partial charge on any atom is -0.322 e. The molecule has 1 aromatic carbocycles. The Kier molecular flexibility index (Phi) is 5.12. The van der Waals surface area contributed by atoms with Crippen molar-refractivity contribution in [3.05, 3.63) is 54.4 Å². The van der Waals surface area contributed by atoms with Gasteiger partial charge in [0.1, 0.15) is 0 Å². The number of benzene rings is 1. The summed E-state index contributed by atoms with van der Waals surface area (Å²) in [7, 11) is 0. The molecule has 1 heterocycles. The van der Waals surface area contributed by atoms with Crippen LogP contribution in [0.1, 0.15) is 10.4 Å². The fraction of sp³-hybridized carbons (Fsp3) is 0.133. The second-order valence-electron chi connectivity index (χ2n) is 4.65. The van der Waals surface area contributed by atoms with Gasteiger partial charge in [-0.3, -0.25) is 14.6 Å². The van der Waals surface area contributed by atoms with Crippen LogP contribution < -0.4 is 10.6 Å². The van der Waals surface area contributed by atoms with Crippen molar-refractivity contribution in [1.82, 2.24) is 4.98 Å². The topological polar surface area (TPSA) is 71.1 Å². The van der Waals surface area contributed by atoms with Crippen molar-refractivity contribution >= 4 is 23.2 Å². The number of hydrogen-bond acceptors (Lipinski definition) is 3. The molecular weight excluding hydrogens is 330 g/mol. The van der Waals surface area contributed by atoms with Gasteiger partial charge in [-0.05, 0) is 30.3 Å². The lowest BCUT2D eigenvalue weighted by Crippen LogP contribution is -2.40. The van der Waals surface area contributed by atoms with E-state index in [1.54, 1.807) is 5.32 Å². The second kappa shape index (κ2) is 7.07. The molecule has 2 amide bonds. The number of carbonyl (C=O) groups excluding carboxylic acids is 2. The number of amides is 2. The maximum Gasteiger partial charge on any atom is 0.383 e. The molecule has 9 heteroatoms. The van der Waals surface area contributed by atoms with E-state index in [0.717, 1.165) is 0 Å². The third-order valence-corrected chi connectivity index (χ3v) is 2.90. The summed E-state index contributed by atoms with van der Waals surface area (Å²) in [5.74, 6) is -7.43. The zero-order chi connectivity index (χ0) is 17.7. The molecule has 0 radical (unpaired) electrons. The molecule has 2 aromatic rings. The first-order chi connectivity index (χ1) is 11.3. The maximum atomic E-state index is 12.9. The van der Waals surface area contributed by atoms with Crippen molar-refractivity contribution in [3.8, 4) is 0 Å². The molecule has 0 fully saturated rings. The quantitative estimate of drug-likeness (QED) is 0.821. The summed E-state index contributed by atoms with van der Waals surface area (Å²) in [6.45, 7) is 0. The van der Waals surface area contributed by atoms with Crippen LogP contribution in [0.3, 0.4) is 0 Å². The molecule has 2 rings (SSSR count). The van der Waals surface area contributed by atoms with Crippen LogP contribution in [0.4, 0.5) is 28.9 Å². The highest BCUT2D eigenvalue weighted by molar-refractivity contribution is 6.04. The van der Waals surface area contributed by atoms with Gasteiger partial charge in [0.25, 0.3) is 5.91 Å². The average molecular weight is 341 g/mol. The van der Waals surface area contributed by atoms with Gasteiger partial charge in [-0.2, -0.15) is 8.78 Å². The van der Waals surface area contributed by atoms with Crippen LogP contribution in [0, 0.1) is 0 Å². The molecule has 1 aromatic heterocycles. The lowest BCUT2D eigenvalue weighted by atomic mass is 10.2. The van der Waals surface area contributed by atoms with Crippen molar-refractivity contribution in [3.63, 3.8) is 0 Å². The lowest BCUT2D eigenvalue weighted by molar-refractivity contribution is -0.163. The van der Waals surface area contributed by atoms with Gasteiger partial charge in [0.15, 0.2) is 0 Å². The zero-order valence-corrected chi connectivity index (χ0v) is 12.0. The van der Waals surface area contributed by atoms with E-state index in [1.807, 2.05) is 0 Å². The van der Waals surface area contributed by atoms with E-state index in [-0.39, 0.29) is 11.4 Å². The van der Waals surface area contributed by atoms with E-state index in [0.29, 0.717) is 5.56 Å². The summed E-state index contributed by atoms with van der Waals surface area (Å²) in [4.78, 5) is 26.9. The largest absolute Gasteiger partial charge is 0.383 e. The van der Waals surface area contributed by atoms with Gasteiger partial charge in [0, 0.05) is 29.3 Å². The van der Waals surface area contributed by atoms with Crippen LogP contribution in [0.2, 0.25) is 0 Å². The Morgan fingerprint density at radius 1 is 1.00 bits per heavy atom. The average Bonchev–Trinajstić information content (AvgIpc) is 2.55. The minimum atomic E-state index is -4.81. The molecule has 0 unspecified atom stereocenters. The van der Waals surface area contributed by atoms with Crippen molar-refractivity contribution < 1.29 is 27.2 Å². The molecule has 24 heavy (non-hydrogen) atoms. The van der Waals surface area contributed by atoms with Crippen LogP contribution in [-0.4, -0.2) is 29.1 Å². The third-order valence-electron chi connectivity index (χ3n) is 2.90. The molecule has 0 aliphatic carbocycles. The zero-order valence-electron chi connectivity index (χ0n) is 12.0. The van der Waals surface area contributed by atoms with Gasteiger partial charge in [-0.15, -0.1) is 0 Å². The van der Waals surface area contributed by atoms with E-state index >= 15 is 0 Å². The first kappa shape index (κ1) is 17.4. The molecule has 5 nitrogen and oxygen atoms in total. The first-order valence-corrected chi connectivity index (χ1v) is 6.59. The van der Waals surface area contributed by atoms with Crippen molar-refractivity contribution in [2.75, 3.05) is 10.6 Å². The van der Waals surface area contributed by atoms with E-state index in [1.165, 1.54) is 48.8 Å². The normalized spacial score (nSPS) is 11.2. The Bertz CT molecular complexity index is 739. The number of carbonyl (C=O) groups is 2. The van der Waals surface area contributed by atoms with Crippen LogP contribution in [0.5, 0.6) is 0 Å². The molecule has 0 bridgehead atoms.